The lowest BCUT2D eigenvalue weighted by molar-refractivity contribution is 0.0493. The molecule has 0 atom stereocenters. The molecule has 2 aromatic rings. The van der Waals surface area contributed by atoms with E-state index in [-0.39, 0.29) is 5.75 Å². The van der Waals surface area contributed by atoms with Crippen LogP contribution in [0.25, 0.3) is 10.9 Å². The molecule has 4 heteroatoms. The van der Waals surface area contributed by atoms with Crippen LogP contribution in [0.5, 0.6) is 5.75 Å². The molecule has 18 heavy (non-hydrogen) atoms. The average molecular weight is 245 g/mol. The predicted octanol–water partition coefficient (Wildman–Crippen LogP) is 2.90. The fraction of sp³-hybridized carbons (Fsp3) is 0.286. The molecule has 0 aliphatic rings. The molecule has 0 aliphatic carbocycles. The number of esters is 1. The molecule has 1 aromatic carbocycles. The van der Waals surface area contributed by atoms with Gasteiger partial charge in [-0.25, -0.2) is 9.78 Å². The lowest BCUT2D eigenvalue weighted by atomic mass is 10.2. The van der Waals surface area contributed by atoms with Crippen LogP contribution in [-0.2, 0) is 4.74 Å². The number of unbranched alkanes of at least 4 members (excludes halogenated alkanes) is 1. The molecule has 0 bridgehead atoms. The number of benzene rings is 1. The molecule has 0 amide bonds. The lowest BCUT2D eigenvalue weighted by Crippen LogP contribution is -2.08. The van der Waals surface area contributed by atoms with Crippen molar-refractivity contribution >= 4 is 16.9 Å². The Morgan fingerprint density at radius 1 is 1.33 bits per heavy atom. The molecule has 1 N–H and O–H groups in total. The van der Waals surface area contributed by atoms with E-state index in [0.717, 1.165) is 18.2 Å². The first-order chi connectivity index (χ1) is 8.70. The number of phenolic OH excluding ortho intramolecular Hbond substituents is 1. The summed E-state index contributed by atoms with van der Waals surface area (Å²) in [6.45, 7) is 2.46. The maximum absolute atomic E-state index is 11.7. The summed E-state index contributed by atoms with van der Waals surface area (Å²) in [5.74, 6) is -0.221. The minimum absolute atomic E-state index is 0.183. The number of aromatic nitrogens is 1. The van der Waals surface area contributed by atoms with Gasteiger partial charge in [0, 0.05) is 5.39 Å². The molecule has 4 nitrogen and oxygen atoms in total. The molecule has 0 radical (unpaired) electrons. The Bertz CT molecular complexity index is 566. The van der Waals surface area contributed by atoms with Gasteiger partial charge in [-0.15, -0.1) is 0 Å². The SMILES string of the molecule is CCCCOC(=O)c1ccc2cc(O)ccc2n1. The second kappa shape index (κ2) is 5.49. The highest BCUT2D eigenvalue weighted by atomic mass is 16.5. The highest BCUT2D eigenvalue weighted by molar-refractivity contribution is 5.91. The van der Waals surface area contributed by atoms with Crippen molar-refractivity contribution in [3.8, 4) is 5.75 Å². The third kappa shape index (κ3) is 2.77. The molecule has 1 aromatic heterocycles. The molecule has 2 rings (SSSR count). The van der Waals surface area contributed by atoms with Crippen LogP contribution in [0.3, 0.4) is 0 Å². The van der Waals surface area contributed by atoms with Crippen LogP contribution < -0.4 is 0 Å². The van der Waals surface area contributed by atoms with Crippen molar-refractivity contribution in [3.05, 3.63) is 36.0 Å². The first-order valence-corrected chi connectivity index (χ1v) is 5.97. The van der Waals surface area contributed by atoms with Crippen molar-refractivity contribution < 1.29 is 14.6 Å². The second-order valence-electron chi connectivity index (χ2n) is 4.06. The third-order valence-electron chi connectivity index (χ3n) is 2.61. The normalized spacial score (nSPS) is 10.5. The van der Waals surface area contributed by atoms with E-state index in [4.69, 9.17) is 4.74 Å². The topological polar surface area (TPSA) is 59.4 Å². The standard InChI is InChI=1S/C14H15NO3/c1-2-3-8-18-14(17)13-6-4-10-9-11(16)5-7-12(10)15-13/h4-7,9,16H,2-3,8H2,1H3. The summed E-state index contributed by atoms with van der Waals surface area (Å²) < 4.78 is 5.09. The van der Waals surface area contributed by atoms with Crippen LogP contribution in [0, 0.1) is 0 Å². The van der Waals surface area contributed by atoms with Crippen molar-refractivity contribution in [2.24, 2.45) is 0 Å². The highest BCUT2D eigenvalue weighted by Gasteiger charge is 2.09. The molecule has 0 fully saturated rings. The first-order valence-electron chi connectivity index (χ1n) is 5.97. The van der Waals surface area contributed by atoms with E-state index >= 15 is 0 Å². The van der Waals surface area contributed by atoms with Gasteiger partial charge >= 0.3 is 5.97 Å². The van der Waals surface area contributed by atoms with Gasteiger partial charge in [0.1, 0.15) is 11.4 Å². The van der Waals surface area contributed by atoms with Gasteiger partial charge in [-0.05, 0) is 30.7 Å². The number of nitrogens with zero attached hydrogens (tertiary/aromatic N) is 1. The fourth-order valence-electron chi connectivity index (χ4n) is 1.61. The zero-order chi connectivity index (χ0) is 13.0. The third-order valence-corrected chi connectivity index (χ3v) is 2.61. The van der Waals surface area contributed by atoms with Crippen LogP contribution in [0.15, 0.2) is 30.3 Å². The van der Waals surface area contributed by atoms with E-state index in [0.29, 0.717) is 17.8 Å². The zero-order valence-electron chi connectivity index (χ0n) is 10.2. The molecular weight excluding hydrogens is 230 g/mol. The van der Waals surface area contributed by atoms with Crippen LogP contribution in [0.2, 0.25) is 0 Å². The van der Waals surface area contributed by atoms with Crippen molar-refractivity contribution in [1.29, 1.82) is 0 Å². The van der Waals surface area contributed by atoms with Gasteiger partial charge in [-0.2, -0.15) is 0 Å². The molecule has 1 heterocycles. The molecule has 0 saturated carbocycles. The first kappa shape index (κ1) is 12.4. The summed E-state index contributed by atoms with van der Waals surface area (Å²) >= 11 is 0. The molecule has 0 saturated heterocycles. The van der Waals surface area contributed by atoms with Crippen LogP contribution in [0.4, 0.5) is 0 Å². The number of hydrogen-bond donors (Lipinski definition) is 1. The minimum Gasteiger partial charge on any atom is -0.508 e. The van der Waals surface area contributed by atoms with E-state index in [1.807, 2.05) is 6.92 Å². The largest absolute Gasteiger partial charge is 0.508 e. The summed E-state index contributed by atoms with van der Waals surface area (Å²) in [7, 11) is 0. The number of carbonyl (C=O) groups is 1. The summed E-state index contributed by atoms with van der Waals surface area (Å²) in [5.41, 5.74) is 0.960. The van der Waals surface area contributed by atoms with Crippen LogP contribution in [-0.4, -0.2) is 22.7 Å². The fourth-order valence-corrected chi connectivity index (χ4v) is 1.61. The van der Waals surface area contributed by atoms with Gasteiger partial charge in [-0.3, -0.25) is 0 Å². The Kier molecular flexibility index (Phi) is 3.77. The monoisotopic (exact) mass is 245 g/mol. The van der Waals surface area contributed by atoms with Crippen LogP contribution >= 0.6 is 0 Å². The van der Waals surface area contributed by atoms with Crippen molar-refractivity contribution in [2.75, 3.05) is 6.61 Å². The zero-order valence-corrected chi connectivity index (χ0v) is 10.2. The van der Waals surface area contributed by atoms with E-state index in [1.54, 1.807) is 30.3 Å². The minimum atomic E-state index is -0.404. The number of pyridine rings is 1. The van der Waals surface area contributed by atoms with Crippen molar-refractivity contribution in [1.82, 2.24) is 4.98 Å². The number of aromatic hydroxyl groups is 1. The number of rotatable bonds is 4. The molecule has 0 unspecified atom stereocenters. The maximum atomic E-state index is 11.7. The van der Waals surface area contributed by atoms with E-state index in [2.05, 4.69) is 4.98 Å². The molecular formula is C14H15NO3. The summed E-state index contributed by atoms with van der Waals surface area (Å²) in [4.78, 5) is 15.9. The van der Waals surface area contributed by atoms with E-state index in [9.17, 15) is 9.90 Å². The Balaban J connectivity index is 2.19. The van der Waals surface area contributed by atoms with Crippen LogP contribution in [0.1, 0.15) is 30.3 Å². The summed E-state index contributed by atoms with van der Waals surface area (Å²) in [5, 5.41) is 10.1. The smallest absolute Gasteiger partial charge is 0.356 e. The second-order valence-corrected chi connectivity index (χ2v) is 4.06. The summed E-state index contributed by atoms with van der Waals surface area (Å²) in [6.07, 6.45) is 1.84. The highest BCUT2D eigenvalue weighted by Crippen LogP contribution is 2.18. The number of ether oxygens (including phenoxy) is 1. The van der Waals surface area contributed by atoms with Gasteiger partial charge in [0.2, 0.25) is 0 Å². The Morgan fingerprint density at radius 2 is 2.17 bits per heavy atom. The van der Waals surface area contributed by atoms with Gasteiger partial charge in [-0.1, -0.05) is 19.4 Å². The van der Waals surface area contributed by atoms with Gasteiger partial charge in [0.25, 0.3) is 0 Å². The maximum Gasteiger partial charge on any atom is 0.356 e. The van der Waals surface area contributed by atoms with Gasteiger partial charge in [0.05, 0.1) is 12.1 Å². The van der Waals surface area contributed by atoms with Gasteiger partial charge < -0.3 is 9.84 Å². The number of fused-ring (bicyclic) bond motifs is 1. The predicted molar refractivity (Wildman–Crippen MR) is 68.6 cm³/mol. The van der Waals surface area contributed by atoms with Crippen molar-refractivity contribution in [2.45, 2.75) is 19.8 Å². The van der Waals surface area contributed by atoms with E-state index in [1.165, 1.54) is 0 Å². The molecule has 94 valence electrons. The Morgan fingerprint density at radius 3 is 2.94 bits per heavy atom. The summed E-state index contributed by atoms with van der Waals surface area (Å²) in [6, 6.07) is 8.18. The number of carbonyl (C=O) groups excluding carboxylic acids is 1. The Hall–Kier alpha value is -2.10. The van der Waals surface area contributed by atoms with E-state index < -0.39 is 5.97 Å². The Labute approximate surface area is 105 Å². The molecule has 0 aliphatic heterocycles. The number of phenols is 1. The number of hydrogen-bond acceptors (Lipinski definition) is 4. The van der Waals surface area contributed by atoms with Gasteiger partial charge in [0.15, 0.2) is 0 Å². The lowest BCUT2D eigenvalue weighted by Gasteiger charge is -2.04. The molecule has 0 spiro atoms. The van der Waals surface area contributed by atoms with Crippen molar-refractivity contribution in [3.63, 3.8) is 0 Å². The average Bonchev–Trinajstić information content (AvgIpc) is 2.38. The quantitative estimate of drug-likeness (QED) is 0.664.